The molecule has 2 N–H and O–H groups in total. The fourth-order valence-corrected chi connectivity index (χ4v) is 4.02. The predicted molar refractivity (Wildman–Crippen MR) is 115 cm³/mol. The van der Waals surface area contributed by atoms with E-state index in [2.05, 4.69) is 10.6 Å². The van der Waals surface area contributed by atoms with Gasteiger partial charge in [-0.1, -0.05) is 31.2 Å². The molecule has 0 fully saturated rings. The van der Waals surface area contributed by atoms with Crippen molar-refractivity contribution in [1.29, 1.82) is 0 Å². The first-order valence-corrected chi connectivity index (χ1v) is 11.4. The number of anilines is 2. The Morgan fingerprint density at radius 3 is 2.27 bits per heavy atom. The Morgan fingerprint density at radius 2 is 1.67 bits per heavy atom. The van der Waals surface area contributed by atoms with Gasteiger partial charge in [-0.3, -0.25) is 13.9 Å². The number of rotatable bonds is 8. The molecule has 2 amide bonds. The standard InChI is InChI=1S/C21H26FN3O4S/c1-5-14(2)23-21(27)16-10-6-8-12-18(16)24-20(26)15(3)25(30(4,28)29)19-13-9-7-11-17(19)22/h6-15H,5H2,1-4H3,(H,23,27)(H,24,26). The topological polar surface area (TPSA) is 95.6 Å². The average molecular weight is 436 g/mol. The molecule has 0 aliphatic carbocycles. The van der Waals surface area contributed by atoms with Crippen molar-refractivity contribution < 1.29 is 22.4 Å². The molecule has 2 unspecified atom stereocenters. The van der Waals surface area contributed by atoms with E-state index in [1.54, 1.807) is 24.3 Å². The highest BCUT2D eigenvalue weighted by Gasteiger charge is 2.31. The summed E-state index contributed by atoms with van der Waals surface area (Å²) in [4.78, 5) is 25.4. The van der Waals surface area contributed by atoms with Crippen LogP contribution in [0.1, 0.15) is 37.6 Å². The lowest BCUT2D eigenvalue weighted by Gasteiger charge is -2.28. The number of halogens is 1. The molecule has 0 radical (unpaired) electrons. The molecule has 2 rings (SSSR count). The first-order valence-electron chi connectivity index (χ1n) is 9.51. The minimum absolute atomic E-state index is 0.0537. The van der Waals surface area contributed by atoms with E-state index in [1.807, 2.05) is 13.8 Å². The van der Waals surface area contributed by atoms with E-state index in [4.69, 9.17) is 0 Å². The van der Waals surface area contributed by atoms with Crippen molar-refractivity contribution in [2.75, 3.05) is 15.9 Å². The molecule has 9 heteroatoms. The van der Waals surface area contributed by atoms with Crippen LogP contribution in [0.15, 0.2) is 48.5 Å². The van der Waals surface area contributed by atoms with E-state index in [1.165, 1.54) is 25.1 Å². The van der Waals surface area contributed by atoms with Gasteiger partial charge >= 0.3 is 0 Å². The SMILES string of the molecule is CCC(C)NC(=O)c1ccccc1NC(=O)C(C)N(c1ccccc1F)S(C)(=O)=O. The van der Waals surface area contributed by atoms with E-state index in [-0.39, 0.29) is 28.9 Å². The largest absolute Gasteiger partial charge is 0.350 e. The Hall–Kier alpha value is -2.94. The molecular formula is C21H26FN3O4S. The number of carbonyl (C=O) groups is 2. The Labute approximate surface area is 176 Å². The van der Waals surface area contributed by atoms with Crippen LogP contribution in [0.4, 0.5) is 15.8 Å². The number of hydrogen-bond acceptors (Lipinski definition) is 4. The molecule has 0 heterocycles. The van der Waals surface area contributed by atoms with Crippen LogP contribution in [0.3, 0.4) is 0 Å². The van der Waals surface area contributed by atoms with Gasteiger partial charge < -0.3 is 10.6 Å². The third kappa shape index (κ3) is 5.56. The molecule has 2 atom stereocenters. The number of nitrogens with zero attached hydrogens (tertiary/aromatic N) is 1. The molecule has 0 saturated heterocycles. The average Bonchev–Trinajstić information content (AvgIpc) is 2.68. The predicted octanol–water partition coefficient (Wildman–Crippen LogP) is 3.15. The number of hydrogen-bond donors (Lipinski definition) is 2. The fraction of sp³-hybridized carbons (Fsp3) is 0.333. The van der Waals surface area contributed by atoms with Gasteiger partial charge in [-0.2, -0.15) is 0 Å². The second-order valence-corrected chi connectivity index (χ2v) is 8.86. The molecule has 2 aromatic carbocycles. The Morgan fingerprint density at radius 1 is 1.07 bits per heavy atom. The second kappa shape index (κ2) is 9.71. The van der Waals surface area contributed by atoms with Gasteiger partial charge in [-0.05, 0) is 44.5 Å². The second-order valence-electron chi connectivity index (χ2n) is 7.00. The quantitative estimate of drug-likeness (QED) is 0.666. The van der Waals surface area contributed by atoms with Crippen molar-refractivity contribution in [1.82, 2.24) is 5.32 Å². The van der Waals surface area contributed by atoms with Gasteiger partial charge in [-0.25, -0.2) is 12.8 Å². The zero-order chi connectivity index (χ0) is 22.5. The molecule has 0 bridgehead atoms. The zero-order valence-corrected chi connectivity index (χ0v) is 18.2. The van der Waals surface area contributed by atoms with Crippen LogP contribution in [0, 0.1) is 5.82 Å². The summed E-state index contributed by atoms with van der Waals surface area (Å²) in [6.45, 7) is 5.15. The van der Waals surface area contributed by atoms with E-state index in [9.17, 15) is 22.4 Å². The summed E-state index contributed by atoms with van der Waals surface area (Å²) >= 11 is 0. The number of para-hydroxylation sites is 2. The highest BCUT2D eigenvalue weighted by molar-refractivity contribution is 7.92. The third-order valence-corrected chi connectivity index (χ3v) is 5.83. The Bertz CT molecular complexity index is 1030. The van der Waals surface area contributed by atoms with Gasteiger partial charge in [0.15, 0.2) is 0 Å². The van der Waals surface area contributed by atoms with Crippen LogP contribution < -0.4 is 14.9 Å². The number of benzene rings is 2. The third-order valence-electron chi connectivity index (χ3n) is 4.60. The maximum atomic E-state index is 14.3. The lowest BCUT2D eigenvalue weighted by Crippen LogP contribution is -2.46. The van der Waals surface area contributed by atoms with Gasteiger partial charge in [0.2, 0.25) is 15.9 Å². The lowest BCUT2D eigenvalue weighted by atomic mass is 10.1. The van der Waals surface area contributed by atoms with Crippen LogP contribution in [0.2, 0.25) is 0 Å². The first-order chi connectivity index (χ1) is 14.1. The first kappa shape index (κ1) is 23.3. The normalized spacial score (nSPS) is 13.2. The van der Waals surface area contributed by atoms with Gasteiger partial charge in [0.1, 0.15) is 11.9 Å². The number of carbonyl (C=O) groups excluding carboxylic acids is 2. The van der Waals surface area contributed by atoms with Gasteiger partial charge in [0.25, 0.3) is 5.91 Å². The number of sulfonamides is 1. The molecule has 30 heavy (non-hydrogen) atoms. The number of nitrogens with one attached hydrogen (secondary N) is 2. The van der Waals surface area contributed by atoms with Gasteiger partial charge in [0.05, 0.1) is 23.2 Å². The fourth-order valence-electron chi connectivity index (χ4n) is 2.84. The summed E-state index contributed by atoms with van der Waals surface area (Å²) in [7, 11) is -3.97. The Kier molecular flexibility index (Phi) is 7.55. The Balaban J connectivity index is 2.33. The summed E-state index contributed by atoms with van der Waals surface area (Å²) in [5.74, 6) is -1.83. The minimum Gasteiger partial charge on any atom is -0.350 e. The minimum atomic E-state index is -3.97. The highest BCUT2D eigenvalue weighted by atomic mass is 32.2. The molecule has 0 aliphatic rings. The smallest absolute Gasteiger partial charge is 0.253 e. The van der Waals surface area contributed by atoms with Crippen LogP contribution in [-0.2, 0) is 14.8 Å². The van der Waals surface area contributed by atoms with E-state index in [0.29, 0.717) is 0 Å². The molecule has 0 saturated carbocycles. The van der Waals surface area contributed by atoms with Crippen LogP contribution in [0.25, 0.3) is 0 Å². The summed E-state index contributed by atoms with van der Waals surface area (Å²) < 4.78 is 39.6. The van der Waals surface area contributed by atoms with E-state index in [0.717, 1.165) is 23.0 Å². The molecular weight excluding hydrogens is 409 g/mol. The van der Waals surface area contributed by atoms with Crippen molar-refractivity contribution >= 4 is 33.2 Å². The summed E-state index contributed by atoms with van der Waals surface area (Å²) in [5, 5.41) is 5.42. The van der Waals surface area contributed by atoms with Gasteiger partial charge in [0, 0.05) is 6.04 Å². The van der Waals surface area contributed by atoms with Crippen molar-refractivity contribution in [2.45, 2.75) is 39.3 Å². The summed E-state index contributed by atoms with van der Waals surface area (Å²) in [5.41, 5.74) is 0.248. The number of amides is 2. The zero-order valence-electron chi connectivity index (χ0n) is 17.3. The van der Waals surface area contributed by atoms with E-state index < -0.39 is 27.8 Å². The molecule has 0 aromatic heterocycles. The molecule has 0 spiro atoms. The maximum Gasteiger partial charge on any atom is 0.253 e. The molecule has 162 valence electrons. The lowest BCUT2D eigenvalue weighted by molar-refractivity contribution is -0.116. The maximum absolute atomic E-state index is 14.3. The van der Waals surface area contributed by atoms with Crippen molar-refractivity contribution in [3.63, 3.8) is 0 Å². The van der Waals surface area contributed by atoms with Crippen molar-refractivity contribution in [3.05, 3.63) is 59.9 Å². The van der Waals surface area contributed by atoms with E-state index >= 15 is 0 Å². The van der Waals surface area contributed by atoms with Crippen LogP contribution in [-0.4, -0.2) is 38.6 Å². The van der Waals surface area contributed by atoms with Crippen LogP contribution >= 0.6 is 0 Å². The molecule has 0 aliphatic heterocycles. The monoisotopic (exact) mass is 435 g/mol. The summed E-state index contributed by atoms with van der Waals surface area (Å²) in [6.07, 6.45) is 1.64. The van der Waals surface area contributed by atoms with Crippen LogP contribution in [0.5, 0.6) is 0 Å². The molecule has 7 nitrogen and oxygen atoms in total. The van der Waals surface area contributed by atoms with Crippen molar-refractivity contribution in [3.8, 4) is 0 Å². The van der Waals surface area contributed by atoms with Crippen molar-refractivity contribution in [2.24, 2.45) is 0 Å². The van der Waals surface area contributed by atoms with Gasteiger partial charge in [-0.15, -0.1) is 0 Å². The summed E-state index contributed by atoms with van der Waals surface area (Å²) in [6, 6.07) is 10.4. The molecule has 2 aromatic rings. The highest BCUT2D eigenvalue weighted by Crippen LogP contribution is 2.25.